The van der Waals surface area contributed by atoms with Gasteiger partial charge in [-0.3, -0.25) is 4.79 Å². The predicted molar refractivity (Wildman–Crippen MR) is 135 cm³/mol. The van der Waals surface area contributed by atoms with Gasteiger partial charge in [-0.1, -0.05) is 56.2 Å². The van der Waals surface area contributed by atoms with E-state index < -0.39 is 10.0 Å². The highest BCUT2D eigenvalue weighted by molar-refractivity contribution is 7.89. The summed E-state index contributed by atoms with van der Waals surface area (Å²) in [5.74, 6) is -0.174. The summed E-state index contributed by atoms with van der Waals surface area (Å²) in [5.41, 5.74) is 7.73. The molecule has 8 nitrogen and oxygen atoms in total. The number of hydrogen-bond acceptors (Lipinski definition) is 6. The van der Waals surface area contributed by atoms with Crippen LogP contribution in [0.5, 0.6) is 0 Å². The molecule has 0 spiro atoms. The molecule has 0 radical (unpaired) electrons. The van der Waals surface area contributed by atoms with Crippen LogP contribution in [0.2, 0.25) is 0 Å². The molecule has 0 unspecified atom stereocenters. The summed E-state index contributed by atoms with van der Waals surface area (Å²) in [6.45, 7) is 3.91. The van der Waals surface area contributed by atoms with E-state index in [2.05, 4.69) is 6.92 Å². The van der Waals surface area contributed by atoms with Crippen molar-refractivity contribution in [1.82, 2.24) is 9.31 Å². The summed E-state index contributed by atoms with van der Waals surface area (Å²) in [4.78, 5) is 13.6. The lowest BCUT2D eigenvalue weighted by atomic mass is 10.1. The van der Waals surface area contributed by atoms with Gasteiger partial charge in [0.25, 0.3) is 0 Å². The molecule has 0 atom stereocenters. The van der Waals surface area contributed by atoms with Crippen LogP contribution in [-0.2, 0) is 26.0 Å². The Morgan fingerprint density at radius 3 is 2.44 bits per heavy atom. The molecule has 1 heterocycles. The minimum Gasteiger partial charge on any atom is -0.398 e. The monoisotopic (exact) mass is 488 g/mol. The zero-order chi connectivity index (χ0) is 24.6. The average Bonchev–Trinajstić information content (AvgIpc) is 2.84. The van der Waals surface area contributed by atoms with Crippen LogP contribution < -0.4 is 10.7 Å². The van der Waals surface area contributed by atoms with E-state index >= 15 is 0 Å². The topological polar surface area (TPSA) is 96.2 Å². The number of nitrogen functional groups attached to an aromatic ring is 1. The van der Waals surface area contributed by atoms with E-state index in [-0.39, 0.29) is 36.0 Å². The number of nitrogens with zero attached hydrogens (tertiary/aromatic N) is 3. The van der Waals surface area contributed by atoms with Crippen LogP contribution in [0.15, 0.2) is 53.4 Å². The SMILES string of the molecule is CCCCCN(C)N(C(=O)CCc1ccccc1)c1cccc(N)c1S(=O)(=O)N1CCOCC1. The second kappa shape index (κ2) is 12.3. The number of nitrogens with two attached hydrogens (primary N) is 1. The molecule has 0 saturated carbocycles. The third kappa shape index (κ3) is 6.35. The van der Waals surface area contributed by atoms with Crippen LogP contribution in [0.4, 0.5) is 11.4 Å². The fourth-order valence-corrected chi connectivity index (χ4v) is 5.78. The van der Waals surface area contributed by atoms with Crippen molar-refractivity contribution in [3.63, 3.8) is 0 Å². The lowest BCUT2D eigenvalue weighted by Gasteiger charge is -2.35. The second-order valence-electron chi connectivity index (χ2n) is 8.49. The summed E-state index contributed by atoms with van der Waals surface area (Å²) in [5, 5.41) is 3.32. The van der Waals surface area contributed by atoms with E-state index in [0.29, 0.717) is 31.9 Å². The molecule has 34 heavy (non-hydrogen) atoms. The number of sulfonamides is 1. The van der Waals surface area contributed by atoms with Crippen molar-refractivity contribution in [2.45, 2.75) is 43.9 Å². The number of carbonyl (C=O) groups is 1. The maximum Gasteiger partial charge on any atom is 0.247 e. The Kier molecular flexibility index (Phi) is 9.46. The molecule has 1 fully saturated rings. The highest BCUT2D eigenvalue weighted by Gasteiger charge is 2.34. The molecule has 0 aliphatic carbocycles. The molecule has 186 valence electrons. The fraction of sp³-hybridized carbons (Fsp3) is 0.480. The van der Waals surface area contributed by atoms with Crippen LogP contribution in [-0.4, -0.2) is 63.5 Å². The Balaban J connectivity index is 1.97. The van der Waals surface area contributed by atoms with Crippen LogP contribution >= 0.6 is 0 Å². The first-order chi connectivity index (χ1) is 16.4. The molecule has 2 aromatic carbocycles. The van der Waals surface area contributed by atoms with Crippen LogP contribution in [0.25, 0.3) is 0 Å². The quantitative estimate of drug-likeness (QED) is 0.296. The number of aryl methyl sites for hydroxylation is 1. The van der Waals surface area contributed by atoms with E-state index in [1.54, 1.807) is 18.2 Å². The third-order valence-corrected chi connectivity index (χ3v) is 7.96. The fourth-order valence-electron chi connectivity index (χ4n) is 4.11. The molecule has 1 aliphatic heterocycles. The number of hydrogen-bond donors (Lipinski definition) is 1. The van der Waals surface area contributed by atoms with Gasteiger partial charge in [-0.25, -0.2) is 18.4 Å². The Labute approximate surface area is 203 Å². The molecule has 2 aromatic rings. The normalized spacial score (nSPS) is 14.9. The number of anilines is 2. The zero-order valence-electron chi connectivity index (χ0n) is 20.2. The summed E-state index contributed by atoms with van der Waals surface area (Å²) in [6, 6.07) is 14.7. The van der Waals surface area contributed by atoms with Crippen LogP contribution in [0.3, 0.4) is 0 Å². The van der Waals surface area contributed by atoms with Gasteiger partial charge in [-0.15, -0.1) is 0 Å². The lowest BCUT2D eigenvalue weighted by Crippen LogP contribution is -2.47. The maximum atomic E-state index is 13.7. The Morgan fingerprint density at radius 2 is 1.76 bits per heavy atom. The first kappa shape index (κ1) is 26.2. The highest BCUT2D eigenvalue weighted by Crippen LogP contribution is 2.34. The number of ether oxygens (including phenoxy) is 1. The Morgan fingerprint density at radius 1 is 1.06 bits per heavy atom. The van der Waals surface area contributed by atoms with E-state index in [9.17, 15) is 13.2 Å². The number of morpholine rings is 1. The van der Waals surface area contributed by atoms with Gasteiger partial charge in [0, 0.05) is 33.1 Å². The summed E-state index contributed by atoms with van der Waals surface area (Å²) in [7, 11) is -2.10. The van der Waals surface area contributed by atoms with Crippen molar-refractivity contribution < 1.29 is 17.9 Å². The maximum absolute atomic E-state index is 13.7. The molecule has 0 aromatic heterocycles. The summed E-state index contributed by atoms with van der Waals surface area (Å²) in [6.07, 6.45) is 3.77. The van der Waals surface area contributed by atoms with E-state index in [0.717, 1.165) is 24.8 Å². The third-order valence-electron chi connectivity index (χ3n) is 5.95. The van der Waals surface area contributed by atoms with Crippen LogP contribution in [0, 0.1) is 0 Å². The van der Waals surface area contributed by atoms with Gasteiger partial charge in [-0.2, -0.15) is 4.31 Å². The minimum atomic E-state index is -3.92. The molecule has 2 N–H and O–H groups in total. The standard InChI is InChI=1S/C25H36N4O4S/c1-3-4-8-16-27(2)29(24(30)15-14-21-10-6-5-7-11-21)23-13-9-12-22(26)25(23)34(31,32)28-17-19-33-20-18-28/h5-7,9-13H,3-4,8,14-20,26H2,1-2H3. The number of amides is 1. The number of unbranched alkanes of at least 4 members (excludes halogenated alkanes) is 2. The van der Waals surface area contributed by atoms with Gasteiger partial charge in [0.05, 0.1) is 24.6 Å². The summed E-state index contributed by atoms with van der Waals surface area (Å²) >= 11 is 0. The van der Waals surface area contributed by atoms with E-state index in [1.807, 2.05) is 42.4 Å². The molecular weight excluding hydrogens is 452 g/mol. The zero-order valence-corrected chi connectivity index (χ0v) is 21.0. The predicted octanol–water partition coefficient (Wildman–Crippen LogP) is 3.29. The van der Waals surface area contributed by atoms with Crippen molar-refractivity contribution in [3.05, 3.63) is 54.1 Å². The summed E-state index contributed by atoms with van der Waals surface area (Å²) < 4.78 is 34.0. The number of benzene rings is 2. The molecule has 0 bridgehead atoms. The van der Waals surface area contributed by atoms with E-state index in [1.165, 1.54) is 9.31 Å². The Hall–Kier alpha value is -2.46. The number of hydrazine groups is 1. The first-order valence-corrected chi connectivity index (χ1v) is 13.3. The Bertz CT molecular complexity index is 1040. The molecule has 1 aliphatic rings. The minimum absolute atomic E-state index is 0.0210. The van der Waals surface area contributed by atoms with Gasteiger partial charge in [-0.05, 0) is 30.5 Å². The van der Waals surface area contributed by atoms with Crippen molar-refractivity contribution in [2.24, 2.45) is 0 Å². The largest absolute Gasteiger partial charge is 0.398 e. The number of rotatable bonds is 11. The smallest absolute Gasteiger partial charge is 0.247 e. The molecule has 1 amide bonds. The molecule has 1 saturated heterocycles. The van der Waals surface area contributed by atoms with Crippen LogP contribution in [0.1, 0.15) is 38.2 Å². The van der Waals surface area contributed by atoms with Crippen molar-refractivity contribution >= 4 is 27.3 Å². The number of carbonyl (C=O) groups excluding carboxylic acids is 1. The highest BCUT2D eigenvalue weighted by atomic mass is 32.2. The molecule has 3 rings (SSSR count). The van der Waals surface area contributed by atoms with Gasteiger partial charge >= 0.3 is 0 Å². The van der Waals surface area contributed by atoms with E-state index in [4.69, 9.17) is 10.5 Å². The first-order valence-electron chi connectivity index (χ1n) is 11.9. The second-order valence-corrected chi connectivity index (χ2v) is 10.4. The molecule has 9 heteroatoms. The van der Waals surface area contributed by atoms with Crippen molar-refractivity contribution in [1.29, 1.82) is 0 Å². The molecular formula is C25H36N4O4S. The van der Waals surface area contributed by atoms with Gasteiger partial charge < -0.3 is 10.5 Å². The van der Waals surface area contributed by atoms with Gasteiger partial charge in [0.2, 0.25) is 15.9 Å². The van der Waals surface area contributed by atoms with Gasteiger partial charge in [0.15, 0.2) is 0 Å². The average molecular weight is 489 g/mol. The van der Waals surface area contributed by atoms with Gasteiger partial charge in [0.1, 0.15) is 4.90 Å². The van der Waals surface area contributed by atoms with Crippen molar-refractivity contribution in [2.75, 3.05) is 50.6 Å². The lowest BCUT2D eigenvalue weighted by molar-refractivity contribution is -0.121. The van der Waals surface area contributed by atoms with Crippen molar-refractivity contribution in [3.8, 4) is 0 Å².